The smallest absolute Gasteiger partial charge is 0.252 e. The monoisotopic (exact) mass is 543 g/mol. The largest absolute Gasteiger partial charge is 0.353 e. The summed E-state index contributed by atoms with van der Waals surface area (Å²) in [5, 5.41) is 4.45. The first-order valence-corrected chi connectivity index (χ1v) is 14.7. The fourth-order valence-corrected chi connectivity index (χ4v) is 6.52. The molecule has 0 unspecified atom stereocenters. The molecule has 2 saturated heterocycles. The van der Waals surface area contributed by atoms with Gasteiger partial charge in [-0.3, -0.25) is 14.6 Å². The first-order valence-electron chi connectivity index (χ1n) is 13.9. The zero-order chi connectivity index (χ0) is 25.6. The van der Waals surface area contributed by atoms with Gasteiger partial charge >= 0.3 is 0 Å². The Balaban J connectivity index is 1.07. The summed E-state index contributed by atoms with van der Waals surface area (Å²) in [5.41, 5.74) is 1.88. The van der Waals surface area contributed by atoms with Crippen LogP contribution in [0.3, 0.4) is 0 Å². The van der Waals surface area contributed by atoms with Gasteiger partial charge in [-0.05, 0) is 68.5 Å². The van der Waals surface area contributed by atoms with Gasteiger partial charge in [0, 0.05) is 56.5 Å². The molecule has 2 aliphatic heterocycles. The third kappa shape index (κ3) is 7.17. The first-order chi connectivity index (χ1) is 18.0. The van der Waals surface area contributed by atoms with E-state index >= 15 is 0 Å². The molecular weight excluding hydrogens is 505 g/mol. The minimum Gasteiger partial charge on any atom is -0.353 e. The Morgan fingerprint density at radius 1 is 0.919 bits per heavy atom. The van der Waals surface area contributed by atoms with E-state index in [1.807, 2.05) is 12.1 Å². The lowest BCUT2D eigenvalue weighted by Crippen LogP contribution is -2.53. The summed E-state index contributed by atoms with van der Waals surface area (Å²) in [6, 6.07) is 10.6. The maximum Gasteiger partial charge on any atom is 0.252 e. The van der Waals surface area contributed by atoms with Crippen molar-refractivity contribution in [2.24, 2.45) is 5.92 Å². The minimum absolute atomic E-state index is 0.0706. The predicted octanol–water partition coefficient (Wildman–Crippen LogP) is 5.49. The number of piperidine rings is 1. The molecule has 37 heavy (non-hydrogen) atoms. The molecule has 1 saturated carbocycles. The van der Waals surface area contributed by atoms with Gasteiger partial charge in [0.05, 0.1) is 10.6 Å². The molecule has 2 aromatic rings. The van der Waals surface area contributed by atoms with Crippen LogP contribution in [-0.2, 0) is 6.54 Å². The number of nitrogens with zero attached hydrogens (tertiary/aromatic N) is 4. The van der Waals surface area contributed by atoms with E-state index in [0.717, 1.165) is 63.2 Å². The zero-order valence-electron chi connectivity index (χ0n) is 21.7. The molecule has 3 heterocycles. The Morgan fingerprint density at radius 3 is 2.30 bits per heavy atom. The van der Waals surface area contributed by atoms with E-state index in [-0.39, 0.29) is 5.91 Å². The van der Waals surface area contributed by atoms with Gasteiger partial charge in [0.15, 0.2) is 0 Å². The first kappa shape index (κ1) is 26.7. The fourth-order valence-electron chi connectivity index (χ4n) is 6.11. The van der Waals surface area contributed by atoms with Crippen LogP contribution in [0.5, 0.6) is 0 Å². The molecule has 3 aliphatic rings. The Hall–Kier alpha value is -1.86. The Labute approximate surface area is 231 Å². The van der Waals surface area contributed by atoms with Crippen molar-refractivity contribution in [3.8, 4) is 0 Å². The number of hydrogen-bond donors (Lipinski definition) is 1. The van der Waals surface area contributed by atoms with Crippen LogP contribution in [0.25, 0.3) is 0 Å². The highest BCUT2D eigenvalue weighted by molar-refractivity contribution is 6.33. The number of benzene rings is 1. The number of likely N-dealkylation sites (tertiary alicyclic amines) is 1. The molecule has 1 N–H and O–H groups in total. The van der Waals surface area contributed by atoms with Crippen LogP contribution in [0.15, 0.2) is 36.5 Å². The van der Waals surface area contributed by atoms with Crippen LogP contribution in [0, 0.1) is 5.92 Å². The number of carbonyl (C=O) groups is 1. The van der Waals surface area contributed by atoms with Crippen molar-refractivity contribution in [3.63, 3.8) is 0 Å². The van der Waals surface area contributed by atoms with Crippen LogP contribution in [0.2, 0.25) is 10.0 Å². The molecule has 0 radical (unpaired) electrons. The zero-order valence-corrected chi connectivity index (χ0v) is 23.2. The van der Waals surface area contributed by atoms with Gasteiger partial charge in [0.1, 0.15) is 5.82 Å². The van der Waals surface area contributed by atoms with Gasteiger partial charge in [0.25, 0.3) is 5.91 Å². The van der Waals surface area contributed by atoms with E-state index in [0.29, 0.717) is 22.5 Å². The molecule has 5 rings (SSSR count). The van der Waals surface area contributed by atoms with Crippen LogP contribution in [0.1, 0.15) is 60.9 Å². The van der Waals surface area contributed by atoms with Gasteiger partial charge in [-0.1, -0.05) is 54.6 Å². The van der Waals surface area contributed by atoms with Crippen LogP contribution < -0.4 is 10.2 Å². The average Bonchev–Trinajstić information content (AvgIpc) is 2.94. The van der Waals surface area contributed by atoms with Gasteiger partial charge in [-0.15, -0.1) is 0 Å². The number of hydrogen-bond acceptors (Lipinski definition) is 5. The number of carbonyl (C=O) groups excluding carboxylic acids is 1. The lowest BCUT2D eigenvalue weighted by atomic mass is 9.89. The Morgan fingerprint density at radius 2 is 1.62 bits per heavy atom. The summed E-state index contributed by atoms with van der Waals surface area (Å²) < 4.78 is 0. The maximum absolute atomic E-state index is 12.6. The van der Waals surface area contributed by atoms with Crippen molar-refractivity contribution in [3.05, 3.63) is 57.7 Å². The van der Waals surface area contributed by atoms with Crippen molar-refractivity contribution >= 4 is 34.9 Å². The highest BCUT2D eigenvalue weighted by atomic mass is 35.5. The summed E-state index contributed by atoms with van der Waals surface area (Å²) in [5.74, 6) is 1.33. The summed E-state index contributed by atoms with van der Waals surface area (Å²) in [6.45, 7) is 7.86. The molecule has 6 nitrogen and oxygen atoms in total. The quantitative estimate of drug-likeness (QED) is 0.500. The SMILES string of the molecule is O=C(NCC1CCCCC1)c1cnc(N2CCN(C3CCN(Cc4ccc(Cl)cc4)CC3)CC2)c(Cl)c1. The Kier molecular flexibility index (Phi) is 9.24. The molecule has 1 aromatic carbocycles. The second-order valence-corrected chi connectivity index (χ2v) is 11.7. The molecule has 3 fully saturated rings. The van der Waals surface area contributed by atoms with Crippen molar-refractivity contribution in [1.29, 1.82) is 0 Å². The fraction of sp³-hybridized carbons (Fsp3) is 0.586. The number of pyridine rings is 1. The molecule has 1 aliphatic carbocycles. The molecule has 1 aromatic heterocycles. The van der Waals surface area contributed by atoms with Crippen LogP contribution in [-0.4, -0.2) is 72.5 Å². The van der Waals surface area contributed by atoms with Gasteiger partial charge in [0.2, 0.25) is 0 Å². The summed E-state index contributed by atoms with van der Waals surface area (Å²) in [7, 11) is 0. The lowest BCUT2D eigenvalue weighted by Gasteiger charge is -2.43. The van der Waals surface area contributed by atoms with E-state index in [1.54, 1.807) is 12.3 Å². The van der Waals surface area contributed by atoms with Crippen LogP contribution >= 0.6 is 23.2 Å². The van der Waals surface area contributed by atoms with E-state index in [2.05, 4.69) is 37.1 Å². The average molecular weight is 545 g/mol. The van der Waals surface area contributed by atoms with Crippen molar-refractivity contribution in [2.75, 3.05) is 50.7 Å². The number of rotatable bonds is 7. The van der Waals surface area contributed by atoms with Crippen molar-refractivity contribution < 1.29 is 4.79 Å². The molecule has 0 spiro atoms. The van der Waals surface area contributed by atoms with Gasteiger partial charge < -0.3 is 10.2 Å². The maximum atomic E-state index is 12.6. The molecule has 0 atom stereocenters. The number of anilines is 1. The normalized spacial score (nSPS) is 20.8. The number of halogens is 2. The third-order valence-corrected chi connectivity index (χ3v) is 8.90. The number of piperazine rings is 1. The van der Waals surface area contributed by atoms with Crippen LogP contribution in [0.4, 0.5) is 5.82 Å². The standard InChI is InChI=1S/C29H39Cl2N5O/c30-25-8-6-23(7-9-25)21-34-12-10-26(11-13-34)35-14-16-36(17-15-35)28-27(31)18-24(20-32-28)29(37)33-19-22-4-2-1-3-5-22/h6-9,18,20,22,26H,1-5,10-17,19,21H2,(H,33,37). The summed E-state index contributed by atoms with van der Waals surface area (Å²) in [6.07, 6.45) is 10.4. The summed E-state index contributed by atoms with van der Waals surface area (Å²) >= 11 is 12.6. The van der Waals surface area contributed by atoms with Crippen molar-refractivity contribution in [2.45, 2.75) is 57.5 Å². The molecule has 1 amide bonds. The number of nitrogens with one attached hydrogen (secondary N) is 1. The van der Waals surface area contributed by atoms with E-state index < -0.39 is 0 Å². The topological polar surface area (TPSA) is 51.7 Å². The Bertz CT molecular complexity index is 1030. The van der Waals surface area contributed by atoms with Gasteiger partial charge in [-0.2, -0.15) is 0 Å². The molecule has 200 valence electrons. The third-order valence-electron chi connectivity index (χ3n) is 8.37. The predicted molar refractivity (Wildman–Crippen MR) is 152 cm³/mol. The molecule has 0 bridgehead atoms. The van der Waals surface area contributed by atoms with E-state index in [4.69, 9.17) is 23.2 Å². The second-order valence-electron chi connectivity index (χ2n) is 10.9. The number of aromatic nitrogens is 1. The molecular formula is C29H39Cl2N5O. The number of amides is 1. The highest BCUT2D eigenvalue weighted by Gasteiger charge is 2.28. The van der Waals surface area contributed by atoms with E-state index in [1.165, 1.54) is 50.5 Å². The van der Waals surface area contributed by atoms with Gasteiger partial charge in [-0.25, -0.2) is 4.98 Å². The lowest BCUT2D eigenvalue weighted by molar-refractivity contribution is 0.0943. The van der Waals surface area contributed by atoms with E-state index in [9.17, 15) is 4.79 Å². The second kappa shape index (κ2) is 12.8. The highest BCUT2D eigenvalue weighted by Crippen LogP contribution is 2.27. The minimum atomic E-state index is -0.0706. The molecule has 8 heteroatoms. The summed E-state index contributed by atoms with van der Waals surface area (Å²) in [4.78, 5) is 24.7. The van der Waals surface area contributed by atoms with Crippen molar-refractivity contribution in [1.82, 2.24) is 20.1 Å².